The van der Waals surface area contributed by atoms with Crippen LogP contribution in [0.4, 0.5) is 5.82 Å². The number of hydrogen-bond donors (Lipinski definition) is 4. The first-order valence-electron chi connectivity index (χ1n) is 9.91. The van der Waals surface area contributed by atoms with Crippen LogP contribution in [0, 0.1) is 0 Å². The van der Waals surface area contributed by atoms with Crippen molar-refractivity contribution in [1.82, 2.24) is 19.5 Å². The Morgan fingerprint density at radius 1 is 1.28 bits per heavy atom. The van der Waals surface area contributed by atoms with E-state index in [1.807, 2.05) is 0 Å². The fourth-order valence-corrected chi connectivity index (χ4v) is 4.64. The molecule has 0 amide bonds. The Hall–Kier alpha value is -2.46. The number of aliphatic hydroxyl groups excluding tert-OH is 2. The predicted octanol–water partition coefficient (Wildman–Crippen LogP) is -2.54. The van der Waals surface area contributed by atoms with E-state index in [0.717, 1.165) is 7.11 Å². The van der Waals surface area contributed by atoms with Gasteiger partial charge >= 0.3 is 5.97 Å². The largest absolute Gasteiger partial charge is 0.467 e. The zero-order chi connectivity index (χ0) is 22.8. The van der Waals surface area contributed by atoms with Gasteiger partial charge in [-0.05, 0) is 0 Å². The highest BCUT2D eigenvalue weighted by Gasteiger charge is 2.65. The van der Waals surface area contributed by atoms with Crippen molar-refractivity contribution in [3.8, 4) is 0 Å². The SMILES string of the molecule is COC(=O)[C@H]1O[C@H]2C[C@H]3O[C@@H](n4cnc5c(N)ncnc54)[C@H](OC)[C@H]3O[C@@]2(O)[C@@H](O)[C@@H]1O. The molecule has 2 aromatic rings. The number of anilines is 1. The highest BCUT2D eigenvalue weighted by atomic mass is 16.7. The Balaban J connectivity index is 1.47. The average molecular weight is 453 g/mol. The molecule has 0 saturated carbocycles. The normalized spacial score (nSPS) is 41.3. The first-order valence-corrected chi connectivity index (χ1v) is 9.91. The van der Waals surface area contributed by atoms with Crippen molar-refractivity contribution in [2.24, 2.45) is 0 Å². The molecule has 9 atom stereocenters. The number of aliphatic hydroxyl groups is 3. The van der Waals surface area contributed by atoms with Gasteiger partial charge in [0.2, 0.25) is 5.79 Å². The quantitative estimate of drug-likeness (QED) is 0.355. The van der Waals surface area contributed by atoms with Gasteiger partial charge in [0.15, 0.2) is 23.8 Å². The van der Waals surface area contributed by atoms with Crippen molar-refractivity contribution in [2.75, 3.05) is 20.0 Å². The second-order valence-corrected chi connectivity index (χ2v) is 7.92. The maximum absolute atomic E-state index is 12.0. The van der Waals surface area contributed by atoms with E-state index in [4.69, 9.17) is 24.7 Å². The summed E-state index contributed by atoms with van der Waals surface area (Å²) in [4.78, 5) is 24.3. The minimum absolute atomic E-state index is 0.0402. The van der Waals surface area contributed by atoms with E-state index >= 15 is 0 Å². The van der Waals surface area contributed by atoms with Crippen molar-refractivity contribution in [3.05, 3.63) is 12.7 Å². The Morgan fingerprint density at radius 3 is 2.78 bits per heavy atom. The molecular weight excluding hydrogens is 430 g/mol. The third-order valence-corrected chi connectivity index (χ3v) is 6.25. The molecule has 3 aliphatic rings. The van der Waals surface area contributed by atoms with Crippen molar-refractivity contribution in [3.63, 3.8) is 0 Å². The van der Waals surface area contributed by atoms with Crippen LogP contribution in [-0.2, 0) is 28.5 Å². The summed E-state index contributed by atoms with van der Waals surface area (Å²) in [5.41, 5.74) is 6.66. The van der Waals surface area contributed by atoms with E-state index in [1.165, 1.54) is 19.8 Å². The first kappa shape index (κ1) is 21.4. The number of hydrogen-bond acceptors (Lipinski definition) is 13. The van der Waals surface area contributed by atoms with Crippen LogP contribution in [0.2, 0.25) is 0 Å². The van der Waals surface area contributed by atoms with Crippen LogP contribution in [0.1, 0.15) is 12.6 Å². The summed E-state index contributed by atoms with van der Waals surface area (Å²) in [6, 6.07) is 0. The fourth-order valence-electron chi connectivity index (χ4n) is 4.64. The molecule has 32 heavy (non-hydrogen) atoms. The van der Waals surface area contributed by atoms with Gasteiger partial charge in [0, 0.05) is 13.5 Å². The number of aromatic nitrogens is 4. The van der Waals surface area contributed by atoms with Gasteiger partial charge in [-0.15, -0.1) is 0 Å². The molecule has 3 saturated heterocycles. The number of ether oxygens (including phenoxy) is 5. The average Bonchev–Trinajstić information content (AvgIpc) is 3.36. The zero-order valence-electron chi connectivity index (χ0n) is 17.1. The predicted molar refractivity (Wildman–Crippen MR) is 102 cm³/mol. The lowest BCUT2D eigenvalue weighted by molar-refractivity contribution is -0.397. The summed E-state index contributed by atoms with van der Waals surface area (Å²) in [7, 11) is 2.57. The Bertz CT molecular complexity index is 1040. The molecule has 14 heteroatoms. The van der Waals surface area contributed by atoms with Gasteiger partial charge in [-0.1, -0.05) is 0 Å². The summed E-state index contributed by atoms with van der Waals surface area (Å²) in [6.07, 6.45) is -6.47. The van der Waals surface area contributed by atoms with E-state index in [1.54, 1.807) is 4.57 Å². The minimum Gasteiger partial charge on any atom is -0.467 e. The molecule has 0 aromatic carbocycles. The highest BCUT2D eigenvalue weighted by Crippen LogP contribution is 2.46. The van der Waals surface area contributed by atoms with Gasteiger partial charge < -0.3 is 44.7 Å². The van der Waals surface area contributed by atoms with E-state index < -0.39 is 60.7 Å². The van der Waals surface area contributed by atoms with E-state index in [2.05, 4.69) is 19.7 Å². The number of methoxy groups -OCH3 is 2. The molecule has 3 fully saturated rings. The summed E-state index contributed by atoms with van der Waals surface area (Å²) in [5.74, 6) is -2.99. The Labute approximate surface area is 180 Å². The molecule has 5 heterocycles. The molecule has 3 aliphatic heterocycles. The number of nitrogens with zero attached hydrogens (tertiary/aromatic N) is 4. The first-order chi connectivity index (χ1) is 15.3. The lowest BCUT2D eigenvalue weighted by Gasteiger charge is -2.52. The number of carbonyl (C=O) groups is 1. The number of esters is 1. The lowest BCUT2D eigenvalue weighted by atomic mass is 9.84. The molecule has 0 bridgehead atoms. The van der Waals surface area contributed by atoms with Gasteiger partial charge in [-0.3, -0.25) is 4.57 Å². The maximum atomic E-state index is 12.0. The second kappa shape index (κ2) is 7.55. The number of nitrogens with two attached hydrogens (primary N) is 1. The molecule has 0 unspecified atom stereocenters. The van der Waals surface area contributed by atoms with Crippen LogP contribution in [0.5, 0.6) is 0 Å². The van der Waals surface area contributed by atoms with Crippen LogP contribution >= 0.6 is 0 Å². The van der Waals surface area contributed by atoms with Crippen molar-refractivity contribution >= 4 is 23.0 Å². The van der Waals surface area contributed by atoms with Crippen LogP contribution in [0.25, 0.3) is 11.2 Å². The molecule has 0 aliphatic carbocycles. The van der Waals surface area contributed by atoms with E-state index in [-0.39, 0.29) is 12.2 Å². The van der Waals surface area contributed by atoms with Crippen LogP contribution < -0.4 is 5.73 Å². The van der Waals surface area contributed by atoms with Gasteiger partial charge in [0.05, 0.1) is 19.5 Å². The molecule has 0 radical (unpaired) electrons. The molecule has 0 spiro atoms. The number of imidazole rings is 1. The maximum Gasteiger partial charge on any atom is 0.337 e. The van der Waals surface area contributed by atoms with Gasteiger partial charge in [-0.2, -0.15) is 0 Å². The van der Waals surface area contributed by atoms with Gasteiger partial charge in [0.1, 0.15) is 42.4 Å². The van der Waals surface area contributed by atoms with Crippen LogP contribution in [0.15, 0.2) is 12.7 Å². The van der Waals surface area contributed by atoms with Gasteiger partial charge in [-0.25, -0.2) is 19.7 Å². The second-order valence-electron chi connectivity index (χ2n) is 7.92. The molecule has 14 nitrogen and oxygen atoms in total. The summed E-state index contributed by atoms with van der Waals surface area (Å²) >= 11 is 0. The standard InChI is InChI=1S/C18H23N5O9/c1-28-12-10-6(30-16(12)23-5-22-8-14(19)20-4-21-15(8)23)3-7-18(27,32-10)13(25)9(24)11(31-7)17(26)29-2/h4-7,9-13,16,24-25,27H,3H2,1-2H3,(H2,19,20,21)/t6-,7+,9-,10+,11+,12-,13+,16-,18-/m1/s1. The highest BCUT2D eigenvalue weighted by molar-refractivity contribution is 5.81. The van der Waals surface area contributed by atoms with E-state index in [9.17, 15) is 20.1 Å². The van der Waals surface area contributed by atoms with Gasteiger partial charge in [0.25, 0.3) is 0 Å². The molecule has 2 aromatic heterocycles. The number of fused-ring (bicyclic) bond motifs is 3. The molecule has 5 rings (SSSR count). The smallest absolute Gasteiger partial charge is 0.337 e. The lowest BCUT2D eigenvalue weighted by Crippen LogP contribution is -2.72. The monoisotopic (exact) mass is 453 g/mol. The minimum atomic E-state index is -2.30. The number of nitrogen functional groups attached to an aromatic ring is 1. The Kier molecular flexibility index (Phi) is 5.05. The van der Waals surface area contributed by atoms with Crippen molar-refractivity contribution in [2.45, 2.75) is 61.2 Å². The third kappa shape index (κ3) is 2.92. The summed E-state index contributed by atoms with van der Waals surface area (Å²) in [5, 5.41) is 32.1. The Morgan fingerprint density at radius 2 is 2.06 bits per heavy atom. The van der Waals surface area contributed by atoms with Crippen molar-refractivity contribution < 1.29 is 43.8 Å². The van der Waals surface area contributed by atoms with Crippen LogP contribution in [-0.4, -0.2) is 104 Å². The summed E-state index contributed by atoms with van der Waals surface area (Å²) < 4.78 is 29.4. The fraction of sp³-hybridized carbons (Fsp3) is 0.667. The molecule has 5 N–H and O–H groups in total. The number of carbonyl (C=O) groups excluding carboxylic acids is 1. The summed E-state index contributed by atoms with van der Waals surface area (Å²) in [6.45, 7) is 0. The molecule has 174 valence electrons. The topological polar surface area (TPSA) is 194 Å². The zero-order valence-corrected chi connectivity index (χ0v) is 17.1. The van der Waals surface area contributed by atoms with Crippen molar-refractivity contribution in [1.29, 1.82) is 0 Å². The number of rotatable bonds is 3. The van der Waals surface area contributed by atoms with Crippen LogP contribution in [0.3, 0.4) is 0 Å². The molecular formula is C18H23N5O9. The van der Waals surface area contributed by atoms with E-state index in [0.29, 0.717) is 11.2 Å². The third-order valence-electron chi connectivity index (χ3n) is 6.25.